The van der Waals surface area contributed by atoms with E-state index < -0.39 is 5.97 Å². The molecule has 1 saturated carbocycles. The first-order valence-electron chi connectivity index (χ1n) is 6.03. The van der Waals surface area contributed by atoms with Crippen LogP contribution in [-0.4, -0.2) is 46.1 Å². The van der Waals surface area contributed by atoms with Crippen molar-refractivity contribution in [3.8, 4) is 0 Å². The van der Waals surface area contributed by atoms with Crippen LogP contribution in [0.5, 0.6) is 0 Å². The lowest BCUT2D eigenvalue weighted by molar-refractivity contribution is -0.139. The summed E-state index contributed by atoms with van der Waals surface area (Å²) in [6.07, 6.45) is 3.52. The standard InChI is InChI=1S/C12H21NO2S/c1-12(2)5-10(7-16-8-12)13(6-11(14)15)9-3-4-9/h9-10H,3-8H2,1-2H3,(H,14,15). The van der Waals surface area contributed by atoms with Crippen LogP contribution >= 0.6 is 11.8 Å². The van der Waals surface area contributed by atoms with E-state index >= 15 is 0 Å². The fraction of sp³-hybridized carbons (Fsp3) is 0.917. The van der Waals surface area contributed by atoms with Gasteiger partial charge in [-0.15, -0.1) is 0 Å². The lowest BCUT2D eigenvalue weighted by Crippen LogP contribution is -2.46. The number of hydrogen-bond acceptors (Lipinski definition) is 3. The maximum absolute atomic E-state index is 10.9. The van der Waals surface area contributed by atoms with Gasteiger partial charge >= 0.3 is 5.97 Å². The topological polar surface area (TPSA) is 40.5 Å². The van der Waals surface area contributed by atoms with Crippen LogP contribution in [0.15, 0.2) is 0 Å². The Kier molecular flexibility index (Phi) is 3.50. The molecule has 0 spiro atoms. The zero-order valence-corrected chi connectivity index (χ0v) is 10.9. The monoisotopic (exact) mass is 243 g/mol. The number of carbonyl (C=O) groups is 1. The van der Waals surface area contributed by atoms with Gasteiger partial charge in [-0.1, -0.05) is 13.8 Å². The predicted molar refractivity (Wildman–Crippen MR) is 66.9 cm³/mol. The van der Waals surface area contributed by atoms with Crippen molar-refractivity contribution in [2.75, 3.05) is 18.1 Å². The molecule has 0 aromatic rings. The zero-order chi connectivity index (χ0) is 11.8. The molecule has 1 saturated heterocycles. The molecule has 1 aliphatic carbocycles. The molecule has 0 radical (unpaired) electrons. The van der Waals surface area contributed by atoms with Crippen molar-refractivity contribution in [2.45, 2.75) is 45.2 Å². The average Bonchev–Trinajstić information content (AvgIpc) is 2.95. The van der Waals surface area contributed by atoms with Gasteiger partial charge < -0.3 is 5.11 Å². The van der Waals surface area contributed by atoms with Gasteiger partial charge in [0.05, 0.1) is 6.54 Å². The Morgan fingerprint density at radius 2 is 2.12 bits per heavy atom. The fourth-order valence-electron chi connectivity index (χ4n) is 2.56. The third kappa shape index (κ3) is 3.14. The Morgan fingerprint density at radius 3 is 2.62 bits per heavy atom. The predicted octanol–water partition coefficient (Wildman–Crippen LogP) is 2.07. The summed E-state index contributed by atoms with van der Waals surface area (Å²) in [7, 11) is 0. The summed E-state index contributed by atoms with van der Waals surface area (Å²) in [5.41, 5.74) is 0.360. The SMILES string of the molecule is CC1(C)CSCC(N(CC(=O)O)C2CC2)C1. The van der Waals surface area contributed by atoms with E-state index in [2.05, 4.69) is 18.7 Å². The normalized spacial score (nSPS) is 29.3. The van der Waals surface area contributed by atoms with Crippen LogP contribution in [0, 0.1) is 5.41 Å². The summed E-state index contributed by atoms with van der Waals surface area (Å²) in [6.45, 7) is 4.81. The number of carboxylic acid groups (broad SMARTS) is 1. The van der Waals surface area contributed by atoms with Crippen molar-refractivity contribution < 1.29 is 9.90 Å². The van der Waals surface area contributed by atoms with E-state index in [1.54, 1.807) is 0 Å². The highest BCUT2D eigenvalue weighted by Gasteiger charge is 2.39. The van der Waals surface area contributed by atoms with Crippen LogP contribution in [0.2, 0.25) is 0 Å². The van der Waals surface area contributed by atoms with Crippen LogP contribution in [0.3, 0.4) is 0 Å². The van der Waals surface area contributed by atoms with E-state index in [4.69, 9.17) is 5.11 Å². The quantitative estimate of drug-likeness (QED) is 0.820. The minimum Gasteiger partial charge on any atom is -0.480 e. The van der Waals surface area contributed by atoms with Gasteiger partial charge in [-0.3, -0.25) is 9.69 Å². The van der Waals surface area contributed by atoms with Crippen LogP contribution in [0.4, 0.5) is 0 Å². The van der Waals surface area contributed by atoms with E-state index in [0.717, 1.165) is 12.2 Å². The van der Waals surface area contributed by atoms with Crippen molar-refractivity contribution in [3.05, 3.63) is 0 Å². The number of hydrogen-bond donors (Lipinski definition) is 1. The Balaban J connectivity index is 1.99. The lowest BCUT2D eigenvalue weighted by Gasteiger charge is -2.40. The highest BCUT2D eigenvalue weighted by Crippen LogP contribution is 2.39. The van der Waals surface area contributed by atoms with Crippen molar-refractivity contribution in [1.29, 1.82) is 0 Å². The van der Waals surface area contributed by atoms with E-state index in [9.17, 15) is 4.79 Å². The molecule has 0 bridgehead atoms. The molecule has 3 nitrogen and oxygen atoms in total. The van der Waals surface area contributed by atoms with Crippen molar-refractivity contribution in [3.63, 3.8) is 0 Å². The first-order chi connectivity index (χ1) is 7.48. The largest absolute Gasteiger partial charge is 0.480 e. The van der Waals surface area contributed by atoms with Gasteiger partial charge in [0, 0.05) is 17.8 Å². The summed E-state index contributed by atoms with van der Waals surface area (Å²) in [5.74, 6) is 1.63. The summed E-state index contributed by atoms with van der Waals surface area (Å²) >= 11 is 1.98. The summed E-state index contributed by atoms with van der Waals surface area (Å²) in [5, 5.41) is 8.97. The van der Waals surface area contributed by atoms with Gasteiger partial charge in [0.1, 0.15) is 0 Å². The molecule has 0 aromatic heterocycles. The summed E-state index contributed by atoms with van der Waals surface area (Å²) < 4.78 is 0. The zero-order valence-electron chi connectivity index (χ0n) is 10.1. The molecule has 4 heteroatoms. The van der Waals surface area contributed by atoms with E-state index in [-0.39, 0.29) is 6.54 Å². The van der Waals surface area contributed by atoms with E-state index in [1.807, 2.05) is 11.8 Å². The molecule has 16 heavy (non-hydrogen) atoms. The highest BCUT2D eigenvalue weighted by atomic mass is 32.2. The second-order valence-corrected chi connectivity index (χ2v) is 6.86. The van der Waals surface area contributed by atoms with Crippen molar-refractivity contribution >= 4 is 17.7 Å². The number of carboxylic acids is 1. The molecule has 92 valence electrons. The number of thioether (sulfide) groups is 1. The molecule has 2 fully saturated rings. The average molecular weight is 243 g/mol. The molecule has 0 aromatic carbocycles. The molecular formula is C12H21NO2S. The van der Waals surface area contributed by atoms with Crippen LogP contribution in [-0.2, 0) is 4.79 Å². The van der Waals surface area contributed by atoms with Crippen LogP contribution in [0.25, 0.3) is 0 Å². The minimum atomic E-state index is -0.680. The second-order valence-electron chi connectivity index (χ2n) is 5.83. The molecule has 1 unspecified atom stereocenters. The Morgan fingerprint density at radius 1 is 1.44 bits per heavy atom. The first-order valence-corrected chi connectivity index (χ1v) is 7.19. The maximum atomic E-state index is 10.9. The van der Waals surface area contributed by atoms with Crippen LogP contribution in [0.1, 0.15) is 33.1 Å². The van der Waals surface area contributed by atoms with Gasteiger partial charge in [0.15, 0.2) is 0 Å². The lowest BCUT2D eigenvalue weighted by atomic mass is 9.87. The molecule has 1 heterocycles. The molecule has 1 N–H and O–H groups in total. The van der Waals surface area contributed by atoms with Gasteiger partial charge in [0.25, 0.3) is 0 Å². The van der Waals surface area contributed by atoms with Gasteiger partial charge in [0.2, 0.25) is 0 Å². The fourth-order valence-corrected chi connectivity index (χ4v) is 3.93. The van der Waals surface area contributed by atoms with E-state index in [0.29, 0.717) is 17.5 Å². The third-order valence-corrected chi connectivity index (χ3v) is 5.00. The molecular weight excluding hydrogens is 222 g/mol. The maximum Gasteiger partial charge on any atom is 0.317 e. The Bertz CT molecular complexity index is 276. The van der Waals surface area contributed by atoms with Gasteiger partial charge in [-0.2, -0.15) is 11.8 Å². The molecule has 2 aliphatic rings. The minimum absolute atomic E-state index is 0.228. The summed E-state index contributed by atoms with van der Waals surface area (Å²) in [4.78, 5) is 13.1. The second kappa shape index (κ2) is 4.57. The van der Waals surface area contributed by atoms with Crippen LogP contribution < -0.4 is 0 Å². The number of nitrogens with zero attached hydrogens (tertiary/aromatic N) is 1. The first kappa shape index (κ1) is 12.2. The van der Waals surface area contributed by atoms with E-state index in [1.165, 1.54) is 18.6 Å². The third-order valence-electron chi connectivity index (χ3n) is 3.39. The molecule has 2 rings (SSSR count). The van der Waals surface area contributed by atoms with Gasteiger partial charge in [-0.25, -0.2) is 0 Å². The highest BCUT2D eigenvalue weighted by molar-refractivity contribution is 7.99. The molecule has 0 amide bonds. The Hall–Kier alpha value is -0.220. The number of rotatable bonds is 4. The Labute approximate surface area is 102 Å². The van der Waals surface area contributed by atoms with Crippen molar-refractivity contribution in [1.82, 2.24) is 4.90 Å². The number of aliphatic carboxylic acids is 1. The van der Waals surface area contributed by atoms with Gasteiger partial charge in [-0.05, 0) is 30.4 Å². The van der Waals surface area contributed by atoms with Crippen molar-refractivity contribution in [2.24, 2.45) is 5.41 Å². The summed E-state index contributed by atoms with van der Waals surface area (Å²) in [6, 6.07) is 1.02. The smallest absolute Gasteiger partial charge is 0.317 e. The molecule has 1 atom stereocenters. The molecule has 1 aliphatic heterocycles.